The Hall–Kier alpha value is -2.29. The van der Waals surface area contributed by atoms with Crippen LogP contribution in [0.25, 0.3) is 0 Å². The third kappa shape index (κ3) is 3.61. The molecule has 0 atom stereocenters. The second-order valence-corrected chi connectivity index (χ2v) is 7.44. The van der Waals surface area contributed by atoms with Crippen LogP contribution in [0.1, 0.15) is 36.7 Å². The molecule has 2 aromatic rings. The molecule has 0 unspecified atom stereocenters. The molecule has 0 radical (unpaired) electrons. The quantitative estimate of drug-likeness (QED) is 0.836. The van der Waals surface area contributed by atoms with E-state index in [0.717, 1.165) is 31.7 Å². The highest BCUT2D eigenvalue weighted by Crippen LogP contribution is 2.25. The van der Waals surface area contributed by atoms with Crippen molar-refractivity contribution in [1.29, 1.82) is 0 Å². The van der Waals surface area contributed by atoms with E-state index in [9.17, 15) is 4.79 Å². The third-order valence-corrected chi connectivity index (χ3v) is 4.69. The Labute approximate surface area is 144 Å². The predicted octanol–water partition coefficient (Wildman–Crippen LogP) is 3.95. The fraction of sp³-hybridized carbons (Fsp3) is 0.381. The molecule has 1 heterocycles. The van der Waals surface area contributed by atoms with Crippen LogP contribution in [-0.4, -0.2) is 37.0 Å². The number of hydrogen-bond acceptors (Lipinski definition) is 2. The molecule has 3 heteroatoms. The summed E-state index contributed by atoms with van der Waals surface area (Å²) in [6, 6.07) is 18.4. The zero-order chi connectivity index (χ0) is 17.2. The molecule has 3 nitrogen and oxygen atoms in total. The van der Waals surface area contributed by atoms with Crippen LogP contribution in [0.3, 0.4) is 0 Å². The molecular weight excluding hydrogens is 296 g/mol. The van der Waals surface area contributed by atoms with Crippen LogP contribution in [0.2, 0.25) is 0 Å². The van der Waals surface area contributed by atoms with Crippen molar-refractivity contribution < 1.29 is 4.79 Å². The molecule has 0 aliphatic carbocycles. The standard InChI is InChI=1S/C21H26N2O/c1-21(2,3)18-9-11-19(12-10-18)22-13-15-23(16-14-22)20(24)17-7-5-4-6-8-17/h4-12H,13-16H2,1-3H3. The minimum absolute atomic E-state index is 0.137. The fourth-order valence-electron chi connectivity index (χ4n) is 3.10. The molecule has 1 aliphatic heterocycles. The lowest BCUT2D eigenvalue weighted by atomic mass is 9.87. The zero-order valence-corrected chi connectivity index (χ0v) is 14.8. The van der Waals surface area contributed by atoms with Crippen molar-refractivity contribution in [3.8, 4) is 0 Å². The van der Waals surface area contributed by atoms with Gasteiger partial charge in [0.1, 0.15) is 0 Å². The Morgan fingerprint density at radius 3 is 1.96 bits per heavy atom. The van der Waals surface area contributed by atoms with Crippen molar-refractivity contribution in [2.24, 2.45) is 0 Å². The molecule has 0 N–H and O–H groups in total. The number of hydrogen-bond donors (Lipinski definition) is 0. The summed E-state index contributed by atoms with van der Waals surface area (Å²) in [7, 11) is 0. The number of piperazine rings is 1. The van der Waals surface area contributed by atoms with Gasteiger partial charge in [0.05, 0.1) is 0 Å². The summed E-state index contributed by atoms with van der Waals surface area (Å²) < 4.78 is 0. The predicted molar refractivity (Wildman–Crippen MR) is 99.7 cm³/mol. The Kier molecular flexibility index (Phi) is 4.61. The van der Waals surface area contributed by atoms with Crippen LogP contribution in [0, 0.1) is 0 Å². The van der Waals surface area contributed by atoms with Crippen molar-refractivity contribution >= 4 is 11.6 Å². The Morgan fingerprint density at radius 1 is 0.833 bits per heavy atom. The summed E-state index contributed by atoms with van der Waals surface area (Å²) in [5.41, 5.74) is 3.55. The second-order valence-electron chi connectivity index (χ2n) is 7.44. The van der Waals surface area contributed by atoms with Gasteiger partial charge in [-0.3, -0.25) is 4.79 Å². The van der Waals surface area contributed by atoms with Crippen molar-refractivity contribution in [3.63, 3.8) is 0 Å². The van der Waals surface area contributed by atoms with Gasteiger partial charge in [-0.15, -0.1) is 0 Å². The van der Waals surface area contributed by atoms with Gasteiger partial charge in [0.25, 0.3) is 5.91 Å². The summed E-state index contributed by atoms with van der Waals surface area (Å²) in [5.74, 6) is 0.137. The molecule has 1 amide bonds. The first kappa shape index (κ1) is 16.6. The van der Waals surface area contributed by atoms with Crippen molar-refractivity contribution in [3.05, 3.63) is 65.7 Å². The first-order chi connectivity index (χ1) is 11.4. The number of amides is 1. The van der Waals surface area contributed by atoms with E-state index in [0.29, 0.717) is 0 Å². The van der Waals surface area contributed by atoms with E-state index < -0.39 is 0 Å². The van der Waals surface area contributed by atoms with E-state index in [1.54, 1.807) is 0 Å². The fourth-order valence-corrected chi connectivity index (χ4v) is 3.10. The molecule has 126 valence electrons. The smallest absolute Gasteiger partial charge is 0.253 e. The summed E-state index contributed by atoms with van der Waals surface area (Å²) >= 11 is 0. The number of carbonyl (C=O) groups is 1. The summed E-state index contributed by atoms with van der Waals surface area (Å²) in [4.78, 5) is 16.8. The van der Waals surface area contributed by atoms with Gasteiger partial charge in [-0.1, -0.05) is 51.1 Å². The normalized spacial score (nSPS) is 15.5. The van der Waals surface area contributed by atoms with Crippen LogP contribution >= 0.6 is 0 Å². The number of carbonyl (C=O) groups excluding carboxylic acids is 1. The second kappa shape index (κ2) is 6.68. The highest BCUT2D eigenvalue weighted by molar-refractivity contribution is 5.94. The first-order valence-electron chi connectivity index (χ1n) is 8.65. The van der Waals surface area contributed by atoms with Crippen LogP contribution in [0.4, 0.5) is 5.69 Å². The SMILES string of the molecule is CC(C)(C)c1ccc(N2CCN(C(=O)c3ccccc3)CC2)cc1. The van der Waals surface area contributed by atoms with Gasteiger partial charge in [-0.05, 0) is 35.2 Å². The maximum atomic E-state index is 12.5. The molecule has 1 fully saturated rings. The van der Waals surface area contributed by atoms with E-state index in [-0.39, 0.29) is 11.3 Å². The Bertz CT molecular complexity index is 678. The van der Waals surface area contributed by atoms with Crippen molar-refractivity contribution in [1.82, 2.24) is 4.90 Å². The highest BCUT2D eigenvalue weighted by Gasteiger charge is 2.22. The molecule has 24 heavy (non-hydrogen) atoms. The average molecular weight is 322 g/mol. The monoisotopic (exact) mass is 322 g/mol. The highest BCUT2D eigenvalue weighted by atomic mass is 16.2. The zero-order valence-electron chi connectivity index (χ0n) is 14.8. The van der Waals surface area contributed by atoms with Crippen molar-refractivity contribution in [2.75, 3.05) is 31.1 Å². The lowest BCUT2D eigenvalue weighted by Gasteiger charge is -2.36. The van der Waals surface area contributed by atoms with Crippen LogP contribution < -0.4 is 4.90 Å². The molecule has 0 aromatic heterocycles. The number of nitrogens with zero attached hydrogens (tertiary/aromatic N) is 2. The molecule has 2 aromatic carbocycles. The summed E-state index contributed by atoms with van der Waals surface area (Å²) in [5, 5.41) is 0. The largest absolute Gasteiger partial charge is 0.368 e. The van der Waals surface area contributed by atoms with E-state index in [2.05, 4.69) is 49.9 Å². The van der Waals surface area contributed by atoms with Gasteiger partial charge in [0, 0.05) is 37.4 Å². The van der Waals surface area contributed by atoms with Gasteiger partial charge in [-0.2, -0.15) is 0 Å². The van der Waals surface area contributed by atoms with Crippen LogP contribution in [-0.2, 0) is 5.41 Å². The molecule has 1 aliphatic rings. The molecule has 1 saturated heterocycles. The van der Waals surface area contributed by atoms with Gasteiger partial charge in [0.15, 0.2) is 0 Å². The molecule has 0 spiro atoms. The van der Waals surface area contributed by atoms with Crippen LogP contribution in [0.15, 0.2) is 54.6 Å². The van der Waals surface area contributed by atoms with Gasteiger partial charge >= 0.3 is 0 Å². The van der Waals surface area contributed by atoms with Gasteiger partial charge in [0.2, 0.25) is 0 Å². The minimum atomic E-state index is 0.137. The maximum absolute atomic E-state index is 12.5. The van der Waals surface area contributed by atoms with Crippen LogP contribution in [0.5, 0.6) is 0 Å². The average Bonchev–Trinajstić information content (AvgIpc) is 2.61. The number of benzene rings is 2. The Balaban J connectivity index is 1.62. The van der Waals surface area contributed by atoms with E-state index in [4.69, 9.17) is 0 Å². The summed E-state index contributed by atoms with van der Waals surface area (Å²) in [6.07, 6.45) is 0. The molecule has 3 rings (SSSR count). The van der Waals surface area contributed by atoms with E-state index >= 15 is 0 Å². The third-order valence-electron chi connectivity index (χ3n) is 4.69. The molecular formula is C21H26N2O. The topological polar surface area (TPSA) is 23.6 Å². The van der Waals surface area contributed by atoms with Gasteiger partial charge < -0.3 is 9.80 Å². The lowest BCUT2D eigenvalue weighted by Crippen LogP contribution is -2.48. The lowest BCUT2D eigenvalue weighted by molar-refractivity contribution is 0.0747. The molecule has 0 saturated carbocycles. The maximum Gasteiger partial charge on any atom is 0.253 e. The van der Waals surface area contributed by atoms with E-state index in [1.165, 1.54) is 11.3 Å². The minimum Gasteiger partial charge on any atom is -0.368 e. The molecule has 0 bridgehead atoms. The first-order valence-corrected chi connectivity index (χ1v) is 8.65. The number of anilines is 1. The summed E-state index contributed by atoms with van der Waals surface area (Å²) in [6.45, 7) is 10.0. The van der Waals surface area contributed by atoms with Crippen molar-refractivity contribution in [2.45, 2.75) is 26.2 Å². The van der Waals surface area contributed by atoms with Gasteiger partial charge in [-0.25, -0.2) is 0 Å². The number of rotatable bonds is 2. The van der Waals surface area contributed by atoms with E-state index in [1.807, 2.05) is 35.2 Å². The Morgan fingerprint density at radius 2 is 1.42 bits per heavy atom.